The van der Waals surface area contributed by atoms with Crippen LogP contribution in [0.2, 0.25) is 0 Å². The van der Waals surface area contributed by atoms with Crippen molar-refractivity contribution >= 4 is 37.8 Å². The quantitative estimate of drug-likeness (QED) is 0.823. The molecule has 3 nitrogen and oxygen atoms in total. The highest BCUT2D eigenvalue weighted by Gasteiger charge is 2.17. The van der Waals surface area contributed by atoms with E-state index in [1.54, 1.807) is 11.0 Å². The summed E-state index contributed by atoms with van der Waals surface area (Å²) in [6.07, 6.45) is 1.96. The summed E-state index contributed by atoms with van der Waals surface area (Å²) in [4.78, 5) is 14.1. The van der Waals surface area contributed by atoms with Crippen LogP contribution in [0, 0.1) is 0 Å². The molecule has 0 atom stereocenters. The zero-order valence-electron chi connectivity index (χ0n) is 10.3. The van der Waals surface area contributed by atoms with Crippen LogP contribution in [0.4, 0.5) is 0 Å². The van der Waals surface area contributed by atoms with Crippen LogP contribution in [0.5, 0.6) is 0 Å². The molecule has 1 aromatic carbocycles. The first-order valence-electron chi connectivity index (χ1n) is 5.95. The summed E-state index contributed by atoms with van der Waals surface area (Å²) in [7, 11) is 0. The van der Waals surface area contributed by atoms with E-state index in [-0.39, 0.29) is 12.5 Å². The second kappa shape index (κ2) is 7.92. The maximum Gasteiger partial charge on any atom is 0.255 e. The number of hydrogen-bond donors (Lipinski definition) is 1. The molecule has 0 fully saturated rings. The molecule has 0 aromatic heterocycles. The predicted octanol–water partition coefficient (Wildman–Crippen LogP) is 3.45. The molecule has 1 rings (SSSR count). The molecule has 0 radical (unpaired) electrons. The van der Waals surface area contributed by atoms with E-state index in [1.165, 1.54) is 0 Å². The van der Waals surface area contributed by atoms with Gasteiger partial charge in [-0.05, 0) is 40.5 Å². The molecule has 18 heavy (non-hydrogen) atoms. The van der Waals surface area contributed by atoms with Crippen LogP contribution in [-0.2, 0) is 0 Å². The predicted molar refractivity (Wildman–Crippen MR) is 79.7 cm³/mol. The fourth-order valence-electron chi connectivity index (χ4n) is 1.62. The molecule has 0 unspecified atom stereocenters. The Bertz CT molecular complexity index is 410. The normalized spacial score (nSPS) is 10.4. The molecule has 0 aliphatic carbocycles. The van der Waals surface area contributed by atoms with Crippen molar-refractivity contribution in [2.24, 2.45) is 0 Å². The fraction of sp³-hybridized carbons (Fsp3) is 0.462. The second-order valence-electron chi connectivity index (χ2n) is 3.99. The van der Waals surface area contributed by atoms with Gasteiger partial charge in [0.15, 0.2) is 0 Å². The topological polar surface area (TPSA) is 40.5 Å². The Morgan fingerprint density at radius 1 is 1.33 bits per heavy atom. The van der Waals surface area contributed by atoms with E-state index >= 15 is 0 Å². The lowest BCUT2D eigenvalue weighted by molar-refractivity contribution is 0.0718. The summed E-state index contributed by atoms with van der Waals surface area (Å²) in [6, 6.07) is 5.51. The van der Waals surface area contributed by atoms with Gasteiger partial charge in [0.25, 0.3) is 5.91 Å². The largest absolute Gasteiger partial charge is 0.395 e. The minimum atomic E-state index is -0.0503. The van der Waals surface area contributed by atoms with Crippen LogP contribution in [0.1, 0.15) is 30.1 Å². The van der Waals surface area contributed by atoms with Crippen molar-refractivity contribution in [3.05, 3.63) is 32.7 Å². The van der Waals surface area contributed by atoms with Crippen molar-refractivity contribution < 1.29 is 9.90 Å². The van der Waals surface area contributed by atoms with Gasteiger partial charge in [-0.15, -0.1) is 0 Å². The molecular formula is C13H17Br2NO2. The first-order chi connectivity index (χ1) is 8.60. The number of halogens is 2. The van der Waals surface area contributed by atoms with Crippen molar-refractivity contribution in [2.45, 2.75) is 19.8 Å². The summed E-state index contributed by atoms with van der Waals surface area (Å²) in [5, 5.41) is 9.04. The van der Waals surface area contributed by atoms with Gasteiger partial charge in [-0.25, -0.2) is 0 Å². The van der Waals surface area contributed by atoms with Gasteiger partial charge >= 0.3 is 0 Å². The molecule has 100 valence electrons. The van der Waals surface area contributed by atoms with E-state index in [0.29, 0.717) is 18.7 Å². The van der Waals surface area contributed by atoms with E-state index in [0.717, 1.165) is 21.8 Å². The van der Waals surface area contributed by atoms with Crippen LogP contribution in [-0.4, -0.2) is 35.6 Å². The van der Waals surface area contributed by atoms with Crippen molar-refractivity contribution in [1.82, 2.24) is 4.90 Å². The van der Waals surface area contributed by atoms with Gasteiger partial charge in [-0.1, -0.05) is 29.3 Å². The Labute approximate surface area is 124 Å². The number of benzene rings is 1. The summed E-state index contributed by atoms with van der Waals surface area (Å²) in [6.45, 7) is 3.12. The van der Waals surface area contributed by atoms with Crippen LogP contribution < -0.4 is 0 Å². The Morgan fingerprint density at radius 3 is 2.67 bits per heavy atom. The molecular weight excluding hydrogens is 362 g/mol. The van der Waals surface area contributed by atoms with Gasteiger partial charge < -0.3 is 10.0 Å². The van der Waals surface area contributed by atoms with Crippen LogP contribution in [0.25, 0.3) is 0 Å². The van der Waals surface area contributed by atoms with E-state index in [4.69, 9.17) is 5.11 Å². The second-order valence-corrected chi connectivity index (χ2v) is 5.76. The third kappa shape index (κ3) is 4.37. The number of carbonyl (C=O) groups excluding carboxylic acids is 1. The number of rotatable bonds is 6. The van der Waals surface area contributed by atoms with Crippen LogP contribution in [0.3, 0.4) is 0 Å². The number of aliphatic hydroxyl groups excluding tert-OH is 1. The fourth-order valence-corrected chi connectivity index (χ4v) is 2.39. The molecule has 0 aliphatic heterocycles. The Hall–Kier alpha value is -0.390. The molecule has 0 bridgehead atoms. The summed E-state index contributed by atoms with van der Waals surface area (Å²) < 4.78 is 1.64. The van der Waals surface area contributed by atoms with Crippen molar-refractivity contribution in [3.8, 4) is 0 Å². The van der Waals surface area contributed by atoms with Gasteiger partial charge in [0.2, 0.25) is 0 Å². The summed E-state index contributed by atoms with van der Waals surface area (Å²) in [5.74, 6) is -0.0503. The first kappa shape index (κ1) is 15.7. The smallest absolute Gasteiger partial charge is 0.255 e. The monoisotopic (exact) mass is 377 g/mol. The number of unbranched alkanes of at least 4 members (excludes halogenated alkanes) is 1. The van der Waals surface area contributed by atoms with Gasteiger partial charge in [0.05, 0.1) is 12.2 Å². The average molecular weight is 379 g/mol. The number of nitrogens with zero attached hydrogens (tertiary/aromatic N) is 1. The van der Waals surface area contributed by atoms with Gasteiger partial charge in [-0.2, -0.15) is 0 Å². The maximum atomic E-state index is 12.4. The van der Waals surface area contributed by atoms with Crippen LogP contribution in [0.15, 0.2) is 27.1 Å². The molecule has 0 aliphatic rings. The molecule has 0 heterocycles. The lowest BCUT2D eigenvalue weighted by atomic mass is 10.2. The van der Waals surface area contributed by atoms with E-state index in [1.807, 2.05) is 12.1 Å². The van der Waals surface area contributed by atoms with Crippen molar-refractivity contribution in [2.75, 3.05) is 19.7 Å². The number of amides is 1. The molecule has 1 amide bonds. The molecule has 1 N–H and O–H groups in total. The van der Waals surface area contributed by atoms with Gasteiger partial charge in [-0.3, -0.25) is 4.79 Å². The highest BCUT2D eigenvalue weighted by atomic mass is 79.9. The molecule has 5 heteroatoms. The Balaban J connectivity index is 2.90. The molecule has 0 saturated carbocycles. The highest BCUT2D eigenvalue weighted by Crippen LogP contribution is 2.23. The first-order valence-corrected chi connectivity index (χ1v) is 7.54. The number of carbonyl (C=O) groups is 1. The molecule has 1 aromatic rings. The third-order valence-corrected chi connectivity index (χ3v) is 3.78. The van der Waals surface area contributed by atoms with Crippen molar-refractivity contribution in [3.63, 3.8) is 0 Å². The number of aliphatic hydroxyl groups is 1. The van der Waals surface area contributed by atoms with E-state index in [9.17, 15) is 4.79 Å². The molecule has 0 saturated heterocycles. The van der Waals surface area contributed by atoms with Crippen LogP contribution >= 0.6 is 31.9 Å². The minimum Gasteiger partial charge on any atom is -0.395 e. The standard InChI is InChI=1S/C13H17Br2NO2/c1-2-3-6-16(7-8-17)13(18)11-9-10(14)4-5-12(11)15/h4-5,9,17H,2-3,6-8H2,1H3. The maximum absolute atomic E-state index is 12.4. The zero-order valence-corrected chi connectivity index (χ0v) is 13.5. The summed E-state index contributed by atoms with van der Waals surface area (Å²) in [5.41, 5.74) is 0.619. The van der Waals surface area contributed by atoms with Gasteiger partial charge in [0, 0.05) is 22.0 Å². The molecule has 0 spiro atoms. The third-order valence-electron chi connectivity index (χ3n) is 2.60. The Morgan fingerprint density at radius 2 is 2.06 bits per heavy atom. The highest BCUT2D eigenvalue weighted by molar-refractivity contribution is 9.11. The van der Waals surface area contributed by atoms with E-state index < -0.39 is 0 Å². The van der Waals surface area contributed by atoms with E-state index in [2.05, 4.69) is 38.8 Å². The zero-order chi connectivity index (χ0) is 13.5. The lowest BCUT2D eigenvalue weighted by Gasteiger charge is -2.22. The van der Waals surface area contributed by atoms with Crippen molar-refractivity contribution in [1.29, 1.82) is 0 Å². The lowest BCUT2D eigenvalue weighted by Crippen LogP contribution is -2.34. The SMILES string of the molecule is CCCCN(CCO)C(=O)c1cc(Br)ccc1Br. The summed E-state index contributed by atoms with van der Waals surface area (Å²) >= 11 is 6.75. The average Bonchev–Trinajstić information content (AvgIpc) is 2.36. The minimum absolute atomic E-state index is 0.0128. The number of hydrogen-bond acceptors (Lipinski definition) is 2. The Kier molecular flexibility index (Phi) is 6.89. The van der Waals surface area contributed by atoms with Gasteiger partial charge in [0.1, 0.15) is 0 Å².